The summed E-state index contributed by atoms with van der Waals surface area (Å²) in [5.74, 6) is 2.58. The number of amides is 2. The van der Waals surface area contributed by atoms with Gasteiger partial charge in [0.25, 0.3) is 0 Å². The SMILES string of the molecule is C=CC(=O)N1CCN2c3ncnc4cc(-c5c(C)ccc6[nH]ncc56)c(Cl)c(c34)OC[C@@H]2C1.C=CC(=O)N1CCN2c3ncnc4cc(-c5c(C)ccc6[nH]ncc56)c(Cl)c(c34)OC[C@@H]2C1. The van der Waals surface area contributed by atoms with Gasteiger partial charge in [0.15, 0.2) is 11.5 Å². The summed E-state index contributed by atoms with van der Waals surface area (Å²) >= 11 is 14.1. The van der Waals surface area contributed by atoms with Crippen molar-refractivity contribution in [1.29, 1.82) is 0 Å². The molecule has 4 aliphatic heterocycles. The second kappa shape index (κ2) is 16.3. The number of benzene rings is 4. The van der Waals surface area contributed by atoms with E-state index in [1.165, 1.54) is 12.2 Å². The van der Waals surface area contributed by atoms with Crippen LogP contribution in [0.25, 0.3) is 65.9 Å². The number of hydrogen-bond donors (Lipinski definition) is 2. The number of piperazine rings is 2. The van der Waals surface area contributed by atoms with E-state index >= 15 is 0 Å². The van der Waals surface area contributed by atoms with E-state index in [2.05, 4.69) is 77.1 Å². The molecule has 8 heterocycles. The van der Waals surface area contributed by atoms with Gasteiger partial charge < -0.3 is 29.1 Å². The molecule has 0 saturated carbocycles. The number of nitrogens with zero attached hydrogens (tertiary/aromatic N) is 10. The topological polar surface area (TPSA) is 174 Å². The first-order chi connectivity index (χ1) is 32.1. The van der Waals surface area contributed by atoms with Crippen LogP contribution < -0.4 is 19.3 Å². The van der Waals surface area contributed by atoms with E-state index in [1.54, 1.807) is 22.5 Å². The first-order valence-corrected chi connectivity index (χ1v) is 22.3. The molecule has 0 radical (unpaired) electrons. The van der Waals surface area contributed by atoms with Crippen molar-refractivity contribution >= 4 is 90.3 Å². The number of H-pyrrole nitrogens is 2. The first kappa shape index (κ1) is 41.4. The zero-order valence-electron chi connectivity index (χ0n) is 36.0. The number of aryl methyl sites for hydroxylation is 2. The Hall–Kier alpha value is -7.30. The zero-order chi connectivity index (χ0) is 45.4. The fraction of sp³-hybridized carbons (Fsp3) is 0.250. The molecule has 66 heavy (non-hydrogen) atoms. The summed E-state index contributed by atoms with van der Waals surface area (Å²) in [6.45, 7) is 15.6. The molecule has 4 aliphatic rings. The van der Waals surface area contributed by atoms with Gasteiger partial charge in [-0.05, 0) is 72.5 Å². The van der Waals surface area contributed by atoms with Crippen molar-refractivity contribution in [2.45, 2.75) is 25.9 Å². The molecule has 12 rings (SSSR count). The third-order valence-corrected chi connectivity index (χ3v) is 13.9. The summed E-state index contributed by atoms with van der Waals surface area (Å²) in [5.41, 5.74) is 9.24. The lowest BCUT2D eigenvalue weighted by atomic mass is 9.95. The maximum atomic E-state index is 12.2. The van der Waals surface area contributed by atoms with Gasteiger partial charge in [0, 0.05) is 61.2 Å². The average molecular weight is 922 g/mol. The van der Waals surface area contributed by atoms with Gasteiger partial charge in [-0.15, -0.1) is 0 Å². The minimum atomic E-state index is -0.0757. The Kier molecular flexibility index (Phi) is 10.2. The summed E-state index contributed by atoms with van der Waals surface area (Å²) in [7, 11) is 0. The van der Waals surface area contributed by atoms with Crippen LogP contribution in [0.5, 0.6) is 11.5 Å². The quantitative estimate of drug-likeness (QED) is 0.167. The van der Waals surface area contributed by atoms with E-state index in [1.807, 2.05) is 48.8 Å². The number of carbonyl (C=O) groups excluding carboxylic acids is 2. The van der Waals surface area contributed by atoms with Gasteiger partial charge in [-0.1, -0.05) is 48.5 Å². The predicted octanol–water partition coefficient (Wildman–Crippen LogP) is 7.46. The molecule has 0 unspecified atom stereocenters. The standard InChI is InChI=1S/2C24H21ClN6O2/c2*1-3-19(32)30-6-7-31-14(10-30)11-33-23-21-18(26-12-27-24(21)31)8-15(22(23)25)20-13(2)4-5-17-16(20)9-28-29-17/h2*3-5,8-9,12,14H,1,6-7,10-11H2,2H3,(H,28,29)/t2*14-/m00/s1. The molecule has 16 nitrogen and oxygen atoms in total. The fourth-order valence-electron chi connectivity index (χ4n) is 9.91. The van der Waals surface area contributed by atoms with Gasteiger partial charge in [0.05, 0.1) is 67.4 Å². The monoisotopic (exact) mass is 920 g/mol. The largest absolute Gasteiger partial charge is 0.489 e. The number of halogens is 2. The molecular weight excluding hydrogens is 880 g/mol. The number of ether oxygens (including phenoxy) is 2. The normalized spacial score (nSPS) is 17.6. The van der Waals surface area contributed by atoms with Crippen LogP contribution in [0, 0.1) is 13.8 Å². The fourth-order valence-corrected chi connectivity index (χ4v) is 10.5. The van der Waals surface area contributed by atoms with E-state index in [9.17, 15) is 9.59 Å². The van der Waals surface area contributed by atoms with E-state index in [0.29, 0.717) is 74.0 Å². The molecule has 0 spiro atoms. The van der Waals surface area contributed by atoms with Crippen molar-refractivity contribution < 1.29 is 19.1 Å². The Bertz CT molecular complexity index is 3120. The molecule has 4 aromatic carbocycles. The third-order valence-electron chi connectivity index (χ3n) is 13.1. The predicted molar refractivity (Wildman–Crippen MR) is 256 cm³/mol. The highest BCUT2D eigenvalue weighted by Gasteiger charge is 2.37. The minimum Gasteiger partial charge on any atom is -0.489 e. The summed E-state index contributed by atoms with van der Waals surface area (Å²) in [4.78, 5) is 50.8. The second-order valence-corrected chi connectivity index (χ2v) is 17.5. The lowest BCUT2D eigenvalue weighted by Crippen LogP contribution is -2.56. The third kappa shape index (κ3) is 6.65. The van der Waals surface area contributed by atoms with Crippen molar-refractivity contribution in [3.63, 3.8) is 0 Å². The maximum Gasteiger partial charge on any atom is 0.246 e. The number of anilines is 2. The van der Waals surface area contributed by atoms with Crippen LogP contribution in [0.2, 0.25) is 10.0 Å². The van der Waals surface area contributed by atoms with Crippen LogP contribution in [0.1, 0.15) is 11.1 Å². The first-order valence-electron chi connectivity index (χ1n) is 21.6. The molecular formula is C48H42Cl2N12O4. The van der Waals surface area contributed by atoms with Gasteiger partial charge >= 0.3 is 0 Å². The molecule has 0 aliphatic carbocycles. The molecule has 0 bridgehead atoms. The Morgan fingerprint density at radius 2 is 1.11 bits per heavy atom. The highest BCUT2D eigenvalue weighted by molar-refractivity contribution is 6.37. The lowest BCUT2D eigenvalue weighted by molar-refractivity contribution is -0.127. The molecule has 2 amide bonds. The van der Waals surface area contributed by atoms with Gasteiger partial charge in [-0.3, -0.25) is 19.8 Å². The Morgan fingerprint density at radius 3 is 1.53 bits per heavy atom. The molecule has 2 N–H and O–H groups in total. The highest BCUT2D eigenvalue weighted by Crippen LogP contribution is 2.49. The van der Waals surface area contributed by atoms with E-state index < -0.39 is 0 Å². The number of nitrogens with one attached hydrogen (secondary N) is 2. The molecule has 18 heteroatoms. The molecule has 2 fully saturated rings. The summed E-state index contributed by atoms with van der Waals surface area (Å²) in [6, 6.07) is 12.0. The highest BCUT2D eigenvalue weighted by atomic mass is 35.5. The van der Waals surface area contributed by atoms with Crippen LogP contribution >= 0.6 is 23.2 Å². The van der Waals surface area contributed by atoms with Gasteiger partial charge in [-0.2, -0.15) is 10.2 Å². The van der Waals surface area contributed by atoms with Crippen molar-refractivity contribution in [1.82, 2.24) is 50.1 Å². The van der Waals surface area contributed by atoms with E-state index in [-0.39, 0.29) is 23.9 Å². The number of hydrogen-bond acceptors (Lipinski definition) is 12. The smallest absolute Gasteiger partial charge is 0.246 e. The van der Waals surface area contributed by atoms with Crippen molar-refractivity contribution in [2.24, 2.45) is 0 Å². The summed E-state index contributed by atoms with van der Waals surface area (Å²) in [5, 5.41) is 19.1. The Morgan fingerprint density at radius 1 is 0.667 bits per heavy atom. The van der Waals surface area contributed by atoms with Crippen molar-refractivity contribution in [2.75, 3.05) is 62.3 Å². The molecule has 2 atom stereocenters. The number of carbonyl (C=O) groups is 2. The van der Waals surface area contributed by atoms with Gasteiger partial charge in [0.1, 0.15) is 37.5 Å². The van der Waals surface area contributed by atoms with Crippen LogP contribution in [0.15, 0.2) is 86.8 Å². The minimum absolute atomic E-state index is 0.0493. The van der Waals surface area contributed by atoms with Crippen molar-refractivity contribution in [3.05, 3.63) is 108 Å². The number of rotatable bonds is 4. The number of aromatic nitrogens is 8. The second-order valence-electron chi connectivity index (χ2n) is 16.8. The molecule has 2 saturated heterocycles. The van der Waals surface area contributed by atoms with Crippen LogP contribution in [-0.4, -0.2) is 127 Å². The van der Waals surface area contributed by atoms with Crippen molar-refractivity contribution in [3.8, 4) is 33.8 Å². The van der Waals surface area contributed by atoms with Gasteiger partial charge in [0.2, 0.25) is 11.8 Å². The van der Waals surface area contributed by atoms with Crippen LogP contribution in [-0.2, 0) is 9.59 Å². The average Bonchev–Trinajstić information content (AvgIpc) is 3.95. The van der Waals surface area contributed by atoms with E-state index in [0.717, 1.165) is 88.6 Å². The molecule has 8 aromatic rings. The van der Waals surface area contributed by atoms with Crippen LogP contribution in [0.4, 0.5) is 11.6 Å². The van der Waals surface area contributed by atoms with Crippen LogP contribution in [0.3, 0.4) is 0 Å². The van der Waals surface area contributed by atoms with E-state index in [4.69, 9.17) is 32.7 Å². The number of aromatic amines is 2. The van der Waals surface area contributed by atoms with Gasteiger partial charge in [-0.25, -0.2) is 19.9 Å². The number of fused-ring (bicyclic) bond motifs is 6. The Labute approximate surface area is 387 Å². The summed E-state index contributed by atoms with van der Waals surface area (Å²) < 4.78 is 12.7. The Balaban J connectivity index is 0.000000146. The molecule has 332 valence electrons. The molecule has 4 aromatic heterocycles. The zero-order valence-corrected chi connectivity index (χ0v) is 37.5. The maximum absolute atomic E-state index is 12.2. The summed E-state index contributed by atoms with van der Waals surface area (Å²) in [6.07, 6.45) is 9.49. The lowest BCUT2D eigenvalue weighted by Gasteiger charge is -2.40.